The molecule has 1 fully saturated rings. The van der Waals surface area contributed by atoms with Crippen LogP contribution in [0.3, 0.4) is 0 Å². The van der Waals surface area contributed by atoms with Crippen LogP contribution in [0.1, 0.15) is 28.0 Å². The number of pyridine rings is 2. The highest BCUT2D eigenvalue weighted by Gasteiger charge is 2.26. The van der Waals surface area contributed by atoms with Gasteiger partial charge in [0.25, 0.3) is 5.91 Å². The monoisotopic (exact) mass is 548 g/mol. The highest BCUT2D eigenvalue weighted by atomic mass is 16.5. The third kappa shape index (κ3) is 6.53. The maximum absolute atomic E-state index is 13.1. The summed E-state index contributed by atoms with van der Waals surface area (Å²) in [7, 11) is 0. The first kappa shape index (κ1) is 26.5. The first-order valence-corrected chi connectivity index (χ1v) is 13.9. The summed E-state index contributed by atoms with van der Waals surface area (Å²) in [6.45, 7) is 4.67. The molecule has 0 radical (unpaired) electrons. The normalized spacial score (nSPS) is 17.2. The smallest absolute Gasteiger partial charge is 0.270 e. The Balaban J connectivity index is 1.05. The highest BCUT2D eigenvalue weighted by Crippen LogP contribution is 2.26. The predicted octanol–water partition coefficient (Wildman–Crippen LogP) is 4.27. The molecule has 4 heterocycles. The van der Waals surface area contributed by atoms with E-state index in [1.807, 2.05) is 42.7 Å². The molecule has 2 N–H and O–H groups in total. The van der Waals surface area contributed by atoms with Crippen LogP contribution in [0.15, 0.2) is 91.4 Å². The molecule has 6 rings (SSSR count). The van der Waals surface area contributed by atoms with Crippen LogP contribution in [0, 0.1) is 0 Å². The molecule has 2 aromatic carbocycles. The lowest BCUT2D eigenvalue weighted by Gasteiger charge is -2.36. The summed E-state index contributed by atoms with van der Waals surface area (Å²) in [6.07, 6.45) is 6.36. The van der Waals surface area contributed by atoms with Crippen molar-refractivity contribution in [1.82, 2.24) is 20.2 Å². The summed E-state index contributed by atoms with van der Waals surface area (Å²) < 4.78 is 5.83. The van der Waals surface area contributed by atoms with Crippen LogP contribution >= 0.6 is 0 Å². The van der Waals surface area contributed by atoms with E-state index in [-0.39, 0.29) is 11.6 Å². The Labute approximate surface area is 239 Å². The van der Waals surface area contributed by atoms with Crippen molar-refractivity contribution in [2.45, 2.75) is 25.4 Å². The van der Waals surface area contributed by atoms with Crippen LogP contribution in [0.5, 0.6) is 11.5 Å². The summed E-state index contributed by atoms with van der Waals surface area (Å²) >= 11 is 0. The third-order valence-electron chi connectivity index (χ3n) is 7.51. The molecule has 0 bridgehead atoms. The molecule has 2 aliphatic rings. The van der Waals surface area contributed by atoms with E-state index in [0.717, 1.165) is 49.5 Å². The summed E-state index contributed by atoms with van der Waals surface area (Å²) in [5.74, 6) is 0.524. The van der Waals surface area contributed by atoms with Crippen LogP contribution in [0.25, 0.3) is 0 Å². The highest BCUT2D eigenvalue weighted by molar-refractivity contribution is 6.01. The van der Waals surface area contributed by atoms with Gasteiger partial charge >= 0.3 is 0 Å². The zero-order valence-corrected chi connectivity index (χ0v) is 22.7. The Hall–Kier alpha value is -4.76. The van der Waals surface area contributed by atoms with Gasteiger partial charge in [0.05, 0.1) is 0 Å². The van der Waals surface area contributed by atoms with Crippen molar-refractivity contribution < 1.29 is 14.3 Å². The summed E-state index contributed by atoms with van der Waals surface area (Å²) in [4.78, 5) is 39.3. The zero-order valence-electron chi connectivity index (χ0n) is 22.7. The predicted molar refractivity (Wildman–Crippen MR) is 157 cm³/mol. The van der Waals surface area contributed by atoms with E-state index in [1.54, 1.807) is 12.1 Å². The number of fused-ring (bicyclic) bond motifs is 1. The quantitative estimate of drug-likeness (QED) is 0.356. The van der Waals surface area contributed by atoms with E-state index in [0.29, 0.717) is 24.3 Å². The van der Waals surface area contributed by atoms with Crippen molar-refractivity contribution in [1.29, 1.82) is 0 Å². The Morgan fingerprint density at radius 2 is 1.73 bits per heavy atom. The van der Waals surface area contributed by atoms with Crippen LogP contribution in [-0.2, 0) is 17.8 Å². The number of nitrogens with one attached hydrogen (secondary N) is 2. The molecule has 2 amide bonds. The molecule has 9 heteroatoms. The number of rotatable bonds is 7. The Morgan fingerprint density at radius 1 is 0.927 bits per heavy atom. The van der Waals surface area contributed by atoms with Gasteiger partial charge in [0.2, 0.25) is 5.91 Å². The Bertz CT molecular complexity index is 1510. The number of para-hydroxylation sites is 1. The third-order valence-corrected chi connectivity index (χ3v) is 7.51. The number of amides is 2. The van der Waals surface area contributed by atoms with E-state index in [4.69, 9.17) is 4.74 Å². The van der Waals surface area contributed by atoms with E-state index in [9.17, 15) is 9.59 Å². The first-order chi connectivity index (χ1) is 20.1. The molecule has 4 aromatic rings. The molecule has 0 unspecified atom stereocenters. The molecule has 2 aromatic heterocycles. The number of hydrogen-bond acceptors (Lipinski definition) is 7. The molecule has 0 spiro atoms. The maximum atomic E-state index is 13.1. The van der Waals surface area contributed by atoms with Gasteiger partial charge in [-0.15, -0.1) is 0 Å². The van der Waals surface area contributed by atoms with Crippen LogP contribution in [0.4, 0.5) is 11.4 Å². The summed E-state index contributed by atoms with van der Waals surface area (Å²) in [6, 6.07) is 22.3. The fourth-order valence-corrected chi connectivity index (χ4v) is 5.28. The average Bonchev–Trinajstić information content (AvgIpc) is 3.16. The minimum atomic E-state index is -0.667. The topological polar surface area (TPSA) is 99.7 Å². The molecule has 0 aliphatic carbocycles. The minimum Gasteiger partial charge on any atom is -0.457 e. The van der Waals surface area contributed by atoms with E-state index >= 15 is 0 Å². The van der Waals surface area contributed by atoms with Crippen molar-refractivity contribution in [3.63, 3.8) is 0 Å². The largest absolute Gasteiger partial charge is 0.457 e. The molecule has 1 atom stereocenters. The van der Waals surface area contributed by atoms with Crippen molar-refractivity contribution >= 4 is 23.2 Å². The number of nitrogens with zero attached hydrogens (tertiary/aromatic N) is 4. The SMILES string of the molecule is O=C(N[C@H]1CCc2ccc(CN3CCN(c4ccncc4)CC3)cc2NC1=O)c1cc(Oc2ccccc2)ccn1. The molecular formula is C32H32N6O3. The van der Waals surface area contributed by atoms with Gasteiger partial charge in [-0.25, -0.2) is 0 Å². The fraction of sp³-hybridized carbons (Fsp3) is 0.250. The lowest BCUT2D eigenvalue weighted by molar-refractivity contribution is -0.118. The number of anilines is 2. The van der Waals surface area contributed by atoms with Gasteiger partial charge < -0.3 is 20.3 Å². The minimum absolute atomic E-state index is 0.194. The second-order valence-electron chi connectivity index (χ2n) is 10.3. The molecule has 208 valence electrons. The number of carbonyl (C=O) groups is 2. The zero-order chi connectivity index (χ0) is 28.0. The second-order valence-corrected chi connectivity index (χ2v) is 10.3. The van der Waals surface area contributed by atoms with Gasteiger partial charge in [-0.3, -0.25) is 24.5 Å². The molecule has 1 saturated heterocycles. The molecule has 9 nitrogen and oxygen atoms in total. The van der Waals surface area contributed by atoms with E-state index in [2.05, 4.69) is 60.7 Å². The van der Waals surface area contributed by atoms with Gasteiger partial charge in [-0.1, -0.05) is 30.3 Å². The van der Waals surface area contributed by atoms with E-state index < -0.39 is 11.9 Å². The lowest BCUT2D eigenvalue weighted by Crippen LogP contribution is -2.46. The lowest BCUT2D eigenvalue weighted by atomic mass is 10.0. The number of ether oxygens (including phenoxy) is 1. The number of aromatic nitrogens is 2. The number of aryl methyl sites for hydroxylation is 1. The average molecular weight is 549 g/mol. The summed E-state index contributed by atoms with van der Waals surface area (Å²) in [5, 5.41) is 5.91. The van der Waals surface area contributed by atoms with Crippen LogP contribution < -0.4 is 20.3 Å². The van der Waals surface area contributed by atoms with Gasteiger partial charge in [0, 0.05) is 68.8 Å². The van der Waals surface area contributed by atoms with Crippen LogP contribution in [0.2, 0.25) is 0 Å². The summed E-state index contributed by atoms with van der Waals surface area (Å²) in [5.41, 5.74) is 4.44. The van der Waals surface area contributed by atoms with Gasteiger partial charge in [0.15, 0.2) is 0 Å². The second kappa shape index (κ2) is 12.2. The van der Waals surface area contributed by atoms with Crippen LogP contribution in [-0.4, -0.2) is 58.9 Å². The standard InChI is InChI=1S/C32H32N6O3/c39-31-28(35-32(40)30-21-27(12-15-34-30)41-26-4-2-1-3-5-26)9-8-24-7-6-23(20-29(24)36-31)22-37-16-18-38(19-17-37)25-10-13-33-14-11-25/h1-7,10-15,20-21,28H,8-9,16-19,22H2,(H,35,40)(H,36,39)/t28-/m0/s1. The Kier molecular flexibility index (Phi) is 7.86. The molecule has 0 saturated carbocycles. The maximum Gasteiger partial charge on any atom is 0.270 e. The van der Waals surface area contributed by atoms with Crippen molar-refractivity contribution in [2.24, 2.45) is 0 Å². The van der Waals surface area contributed by atoms with Crippen molar-refractivity contribution in [3.05, 3.63) is 108 Å². The van der Waals surface area contributed by atoms with Gasteiger partial charge in [-0.2, -0.15) is 0 Å². The number of hydrogen-bond donors (Lipinski definition) is 2. The Morgan fingerprint density at radius 3 is 2.54 bits per heavy atom. The van der Waals surface area contributed by atoms with Crippen molar-refractivity contribution in [3.8, 4) is 11.5 Å². The molecule has 2 aliphatic heterocycles. The number of piperazine rings is 1. The number of carbonyl (C=O) groups excluding carboxylic acids is 2. The number of benzene rings is 2. The van der Waals surface area contributed by atoms with Gasteiger partial charge in [-0.05, 0) is 60.4 Å². The molecule has 41 heavy (non-hydrogen) atoms. The van der Waals surface area contributed by atoms with Crippen molar-refractivity contribution in [2.75, 3.05) is 36.4 Å². The molecular weight excluding hydrogens is 516 g/mol. The van der Waals surface area contributed by atoms with E-state index in [1.165, 1.54) is 11.9 Å². The first-order valence-electron chi connectivity index (χ1n) is 13.9. The fourth-order valence-electron chi connectivity index (χ4n) is 5.28. The van der Waals surface area contributed by atoms with Gasteiger partial charge in [0.1, 0.15) is 23.2 Å².